The molecule has 2 amide bonds. The third-order valence-electron chi connectivity index (χ3n) is 4.24. The zero-order chi connectivity index (χ0) is 16.2. The third kappa shape index (κ3) is 3.59. The molecule has 0 atom stereocenters. The van der Waals surface area contributed by atoms with Crippen LogP contribution in [0.5, 0.6) is 5.75 Å². The fraction of sp³-hybridized carbons (Fsp3) is 0.412. The number of methoxy groups -OCH3 is 1. The topological polar surface area (TPSA) is 51.0 Å². The van der Waals surface area contributed by atoms with Gasteiger partial charge in [0.05, 0.1) is 25.1 Å². The minimum absolute atomic E-state index is 0.172. The predicted molar refractivity (Wildman–Crippen MR) is 90.2 cm³/mol. The van der Waals surface area contributed by atoms with E-state index in [1.807, 2.05) is 24.3 Å². The van der Waals surface area contributed by atoms with Crippen LogP contribution in [0.2, 0.25) is 0 Å². The molecule has 0 radical (unpaired) electrons. The fourth-order valence-electron chi connectivity index (χ4n) is 3.00. The molecule has 2 aliphatic heterocycles. The monoisotopic (exact) mass is 333 g/mol. The van der Waals surface area contributed by atoms with Gasteiger partial charge in [-0.25, -0.2) is 4.90 Å². The van der Waals surface area contributed by atoms with E-state index in [1.165, 1.54) is 29.1 Å². The quantitative estimate of drug-likeness (QED) is 0.853. The number of piperidine rings is 1. The maximum atomic E-state index is 12.6. The number of carbonyl (C=O) groups is 2. The smallest absolute Gasteiger partial charge is 0.298 e. The van der Waals surface area contributed by atoms with E-state index >= 15 is 0 Å². The number of hydrogen-bond donors (Lipinski definition) is 1. The maximum absolute atomic E-state index is 12.6. The van der Waals surface area contributed by atoms with Gasteiger partial charge in [-0.2, -0.15) is 0 Å². The number of quaternary nitrogens is 1. The number of amides is 2. The maximum Gasteiger partial charge on any atom is 0.298 e. The molecule has 5 nitrogen and oxygen atoms in total. The second kappa shape index (κ2) is 7.19. The van der Waals surface area contributed by atoms with Crippen LogP contribution in [-0.2, 0) is 4.79 Å². The molecule has 1 N–H and O–H groups in total. The first-order valence-corrected chi connectivity index (χ1v) is 8.72. The largest absolute Gasteiger partial charge is 0.496 e. The lowest BCUT2D eigenvalue weighted by Crippen LogP contribution is -3.14. The highest BCUT2D eigenvalue weighted by Crippen LogP contribution is 2.33. The second-order valence-electron chi connectivity index (χ2n) is 5.82. The van der Waals surface area contributed by atoms with E-state index in [2.05, 4.69) is 0 Å². The number of nitrogens with zero attached hydrogens (tertiary/aromatic N) is 1. The fourth-order valence-corrected chi connectivity index (χ4v) is 3.83. The normalized spacial score (nSPS) is 21.3. The minimum Gasteiger partial charge on any atom is -0.496 e. The zero-order valence-corrected chi connectivity index (χ0v) is 14.0. The number of rotatable bonds is 4. The standard InChI is InChI=1S/C17H20N2O3S/c1-22-14-8-4-3-7-13(14)11-15-16(20)19(17(21)23-15)12-18-9-5-2-6-10-18/h3-4,7-8,11H,2,5-6,9-10,12H2,1H3/p+1/b15-11+. The molecular formula is C17H21N2O3S+. The van der Waals surface area contributed by atoms with Gasteiger partial charge in [-0.05, 0) is 43.2 Å². The number of carbonyl (C=O) groups excluding carboxylic acids is 2. The van der Waals surface area contributed by atoms with E-state index in [9.17, 15) is 9.59 Å². The van der Waals surface area contributed by atoms with Crippen molar-refractivity contribution in [3.63, 3.8) is 0 Å². The summed E-state index contributed by atoms with van der Waals surface area (Å²) >= 11 is 1.01. The van der Waals surface area contributed by atoms with Crippen molar-refractivity contribution in [3.05, 3.63) is 34.7 Å². The van der Waals surface area contributed by atoms with Gasteiger partial charge in [-0.15, -0.1) is 0 Å². The highest BCUT2D eigenvalue weighted by atomic mass is 32.2. The van der Waals surface area contributed by atoms with Crippen molar-refractivity contribution in [1.82, 2.24) is 4.90 Å². The Balaban J connectivity index is 1.76. The van der Waals surface area contributed by atoms with Crippen molar-refractivity contribution in [2.45, 2.75) is 19.3 Å². The predicted octanol–water partition coefficient (Wildman–Crippen LogP) is 1.76. The molecule has 2 aliphatic rings. The molecule has 0 spiro atoms. The van der Waals surface area contributed by atoms with Crippen molar-refractivity contribution in [3.8, 4) is 5.75 Å². The van der Waals surface area contributed by atoms with E-state index in [1.54, 1.807) is 13.2 Å². The molecule has 0 bridgehead atoms. The summed E-state index contributed by atoms with van der Waals surface area (Å²) in [6.07, 6.45) is 5.33. The molecule has 2 fully saturated rings. The summed E-state index contributed by atoms with van der Waals surface area (Å²) in [5, 5.41) is -0.172. The van der Waals surface area contributed by atoms with Crippen LogP contribution in [-0.4, -0.2) is 42.9 Å². The molecule has 122 valence electrons. The van der Waals surface area contributed by atoms with E-state index in [0.717, 1.165) is 30.4 Å². The van der Waals surface area contributed by atoms with Crippen molar-refractivity contribution >= 4 is 29.0 Å². The number of likely N-dealkylation sites (tertiary alicyclic amines) is 1. The van der Waals surface area contributed by atoms with Crippen LogP contribution in [0.1, 0.15) is 24.8 Å². The Hall–Kier alpha value is -1.79. The van der Waals surface area contributed by atoms with Gasteiger partial charge in [0.1, 0.15) is 5.75 Å². The summed E-state index contributed by atoms with van der Waals surface area (Å²) in [7, 11) is 1.60. The Morgan fingerprint density at radius 1 is 1.22 bits per heavy atom. The van der Waals surface area contributed by atoms with Crippen molar-refractivity contribution < 1.29 is 19.2 Å². The lowest BCUT2D eigenvalue weighted by Gasteiger charge is -2.26. The first kappa shape index (κ1) is 16.1. The van der Waals surface area contributed by atoms with Crippen LogP contribution in [0, 0.1) is 0 Å². The number of hydrogen-bond acceptors (Lipinski definition) is 4. The Morgan fingerprint density at radius 2 is 1.96 bits per heavy atom. The van der Waals surface area contributed by atoms with Crippen LogP contribution in [0.15, 0.2) is 29.2 Å². The number of nitrogens with one attached hydrogen (secondary N) is 1. The molecule has 0 aromatic heterocycles. The Morgan fingerprint density at radius 3 is 2.70 bits per heavy atom. The van der Waals surface area contributed by atoms with Crippen LogP contribution in [0.4, 0.5) is 4.79 Å². The Bertz CT molecular complexity index is 638. The van der Waals surface area contributed by atoms with E-state index in [-0.39, 0.29) is 11.1 Å². The van der Waals surface area contributed by atoms with Gasteiger partial charge in [-0.3, -0.25) is 9.59 Å². The minimum atomic E-state index is -0.191. The summed E-state index contributed by atoms with van der Waals surface area (Å²) in [5.74, 6) is 0.505. The summed E-state index contributed by atoms with van der Waals surface area (Å²) in [4.78, 5) is 27.9. The van der Waals surface area contributed by atoms with Crippen LogP contribution < -0.4 is 9.64 Å². The summed E-state index contributed by atoms with van der Waals surface area (Å²) in [6.45, 7) is 2.55. The van der Waals surface area contributed by atoms with E-state index in [4.69, 9.17) is 4.74 Å². The molecule has 6 heteroatoms. The van der Waals surface area contributed by atoms with Gasteiger partial charge in [0.2, 0.25) is 0 Å². The molecule has 0 aliphatic carbocycles. The molecule has 2 heterocycles. The molecule has 0 saturated carbocycles. The Labute approximate surface area is 140 Å². The number of benzene rings is 1. The van der Waals surface area contributed by atoms with Crippen LogP contribution in [0.25, 0.3) is 6.08 Å². The van der Waals surface area contributed by atoms with Crippen LogP contribution >= 0.6 is 11.8 Å². The molecule has 1 aromatic rings. The molecule has 23 heavy (non-hydrogen) atoms. The van der Waals surface area contributed by atoms with Crippen molar-refractivity contribution in [2.24, 2.45) is 0 Å². The number of imide groups is 1. The van der Waals surface area contributed by atoms with Crippen molar-refractivity contribution in [1.29, 1.82) is 0 Å². The lowest BCUT2D eigenvalue weighted by atomic mass is 10.1. The average Bonchev–Trinajstić information content (AvgIpc) is 2.84. The van der Waals surface area contributed by atoms with Crippen LogP contribution in [0.3, 0.4) is 0 Å². The van der Waals surface area contributed by atoms with Gasteiger partial charge < -0.3 is 9.64 Å². The van der Waals surface area contributed by atoms with Gasteiger partial charge in [0.25, 0.3) is 11.1 Å². The molecule has 3 rings (SSSR count). The summed E-state index contributed by atoms with van der Waals surface area (Å²) < 4.78 is 5.30. The number of thioether (sulfide) groups is 1. The first-order chi connectivity index (χ1) is 11.2. The molecule has 1 aromatic carbocycles. The number of para-hydroxylation sites is 1. The molecular weight excluding hydrogens is 312 g/mol. The van der Waals surface area contributed by atoms with Gasteiger partial charge in [0, 0.05) is 5.56 Å². The van der Waals surface area contributed by atoms with Gasteiger partial charge in [-0.1, -0.05) is 18.2 Å². The van der Waals surface area contributed by atoms with Gasteiger partial charge >= 0.3 is 0 Å². The summed E-state index contributed by atoms with van der Waals surface area (Å²) in [6, 6.07) is 7.48. The van der Waals surface area contributed by atoms with E-state index in [0.29, 0.717) is 17.3 Å². The highest BCUT2D eigenvalue weighted by Gasteiger charge is 2.37. The lowest BCUT2D eigenvalue weighted by molar-refractivity contribution is -0.912. The average molecular weight is 333 g/mol. The SMILES string of the molecule is COc1ccccc1/C=C1/SC(=O)N(C[NH+]2CCCCC2)C1=O. The second-order valence-corrected chi connectivity index (χ2v) is 6.81. The van der Waals surface area contributed by atoms with E-state index < -0.39 is 0 Å². The first-order valence-electron chi connectivity index (χ1n) is 7.91. The Kier molecular flexibility index (Phi) is 5.03. The highest BCUT2D eigenvalue weighted by molar-refractivity contribution is 8.18. The van der Waals surface area contributed by atoms with Crippen molar-refractivity contribution in [2.75, 3.05) is 26.9 Å². The number of ether oxygens (including phenoxy) is 1. The van der Waals surface area contributed by atoms with Gasteiger partial charge in [0.15, 0.2) is 6.67 Å². The summed E-state index contributed by atoms with van der Waals surface area (Å²) in [5.41, 5.74) is 0.811. The molecule has 2 saturated heterocycles. The molecule has 0 unspecified atom stereocenters. The zero-order valence-electron chi connectivity index (χ0n) is 13.2. The third-order valence-corrected chi connectivity index (χ3v) is 5.15.